The Morgan fingerprint density at radius 3 is 2.86 bits per heavy atom. The summed E-state index contributed by atoms with van der Waals surface area (Å²) in [6.45, 7) is 6.65. The number of hydrogen-bond acceptors (Lipinski definition) is 5. The summed E-state index contributed by atoms with van der Waals surface area (Å²) < 4.78 is 10.7. The van der Waals surface area contributed by atoms with Crippen LogP contribution in [0.15, 0.2) is 57.6 Å². The van der Waals surface area contributed by atoms with E-state index in [2.05, 4.69) is 6.58 Å². The summed E-state index contributed by atoms with van der Waals surface area (Å²) in [4.78, 5) is 28.1. The van der Waals surface area contributed by atoms with Crippen LogP contribution in [-0.4, -0.2) is 24.5 Å². The molecule has 1 amide bonds. The van der Waals surface area contributed by atoms with E-state index in [0.29, 0.717) is 36.4 Å². The number of carbonyl (C=O) groups is 1. The number of aryl methyl sites for hydroxylation is 1. The SMILES string of the molecule is C=CCN(Cc1cccs1)C(=O)CCc1c(C)c2ccc(OC)cc2oc1=O. The number of benzene rings is 1. The molecular formula is C22H23NO4S. The van der Waals surface area contributed by atoms with Crippen LogP contribution in [0.3, 0.4) is 0 Å². The number of carbonyl (C=O) groups excluding carboxylic acids is 1. The summed E-state index contributed by atoms with van der Waals surface area (Å²) >= 11 is 1.61. The predicted octanol–water partition coefficient (Wildman–Crippen LogP) is 4.32. The van der Waals surface area contributed by atoms with Crippen molar-refractivity contribution in [2.45, 2.75) is 26.3 Å². The minimum Gasteiger partial charge on any atom is -0.497 e. The zero-order chi connectivity index (χ0) is 20.1. The summed E-state index contributed by atoms with van der Waals surface area (Å²) in [6, 6.07) is 9.38. The average molecular weight is 397 g/mol. The van der Waals surface area contributed by atoms with Crippen molar-refractivity contribution in [3.05, 3.63) is 74.8 Å². The van der Waals surface area contributed by atoms with E-state index >= 15 is 0 Å². The highest BCUT2D eigenvalue weighted by atomic mass is 32.1. The molecule has 0 N–H and O–H groups in total. The summed E-state index contributed by atoms with van der Waals surface area (Å²) in [5, 5.41) is 2.84. The molecule has 0 spiro atoms. The molecule has 3 rings (SSSR count). The first kappa shape index (κ1) is 19.9. The van der Waals surface area contributed by atoms with Crippen molar-refractivity contribution in [3.8, 4) is 5.75 Å². The number of nitrogens with zero attached hydrogens (tertiary/aromatic N) is 1. The zero-order valence-corrected chi connectivity index (χ0v) is 16.9. The van der Waals surface area contributed by atoms with E-state index in [-0.39, 0.29) is 12.3 Å². The van der Waals surface area contributed by atoms with Crippen LogP contribution < -0.4 is 10.4 Å². The molecule has 2 heterocycles. The van der Waals surface area contributed by atoms with Gasteiger partial charge in [-0.25, -0.2) is 4.79 Å². The normalized spacial score (nSPS) is 10.8. The molecule has 0 unspecified atom stereocenters. The second-order valence-electron chi connectivity index (χ2n) is 6.50. The average Bonchev–Trinajstić information content (AvgIpc) is 3.20. The first-order chi connectivity index (χ1) is 13.5. The van der Waals surface area contributed by atoms with E-state index in [0.717, 1.165) is 15.8 Å². The van der Waals surface area contributed by atoms with Crippen LogP contribution in [0.1, 0.15) is 22.4 Å². The summed E-state index contributed by atoms with van der Waals surface area (Å²) in [5.74, 6) is 0.619. The van der Waals surface area contributed by atoms with Crippen molar-refractivity contribution in [2.24, 2.45) is 0 Å². The zero-order valence-electron chi connectivity index (χ0n) is 16.1. The maximum Gasteiger partial charge on any atom is 0.339 e. The van der Waals surface area contributed by atoms with Gasteiger partial charge in [-0.2, -0.15) is 0 Å². The third kappa shape index (κ3) is 4.34. The first-order valence-electron chi connectivity index (χ1n) is 9.05. The van der Waals surface area contributed by atoms with Crippen molar-refractivity contribution in [3.63, 3.8) is 0 Å². The van der Waals surface area contributed by atoms with Crippen LogP contribution in [0.25, 0.3) is 11.0 Å². The number of amides is 1. The Hall–Kier alpha value is -2.86. The first-order valence-corrected chi connectivity index (χ1v) is 9.92. The van der Waals surface area contributed by atoms with E-state index in [1.165, 1.54) is 0 Å². The van der Waals surface area contributed by atoms with Crippen molar-refractivity contribution in [1.29, 1.82) is 0 Å². The van der Waals surface area contributed by atoms with Gasteiger partial charge in [0.05, 0.1) is 13.7 Å². The molecule has 28 heavy (non-hydrogen) atoms. The van der Waals surface area contributed by atoms with Gasteiger partial charge in [-0.3, -0.25) is 4.79 Å². The van der Waals surface area contributed by atoms with Crippen LogP contribution in [-0.2, 0) is 17.8 Å². The number of rotatable bonds is 8. The fourth-order valence-corrected chi connectivity index (χ4v) is 3.90. The van der Waals surface area contributed by atoms with E-state index in [9.17, 15) is 9.59 Å². The van der Waals surface area contributed by atoms with E-state index in [4.69, 9.17) is 9.15 Å². The topological polar surface area (TPSA) is 59.8 Å². The van der Waals surface area contributed by atoms with Crippen molar-refractivity contribution >= 4 is 28.2 Å². The van der Waals surface area contributed by atoms with Crippen molar-refractivity contribution in [2.75, 3.05) is 13.7 Å². The molecule has 0 saturated heterocycles. The largest absolute Gasteiger partial charge is 0.497 e. The van der Waals surface area contributed by atoms with Gasteiger partial charge in [0, 0.05) is 34.9 Å². The number of thiophene rings is 1. The highest BCUT2D eigenvalue weighted by molar-refractivity contribution is 7.09. The van der Waals surface area contributed by atoms with Gasteiger partial charge >= 0.3 is 5.63 Å². The Morgan fingerprint density at radius 1 is 1.36 bits per heavy atom. The molecular weight excluding hydrogens is 374 g/mol. The lowest BCUT2D eigenvalue weighted by atomic mass is 10.0. The van der Waals surface area contributed by atoms with E-state index in [1.54, 1.807) is 35.5 Å². The molecule has 0 aliphatic heterocycles. The fraction of sp³-hybridized carbons (Fsp3) is 0.273. The standard InChI is InChI=1S/C22H23NO4S/c1-4-11-23(14-17-6-5-12-28-17)21(24)10-9-19-15(2)18-8-7-16(26-3)13-20(18)27-22(19)25/h4-8,12-13H,1,9-11,14H2,2-3H3. The van der Waals surface area contributed by atoms with Crippen molar-refractivity contribution < 1.29 is 13.9 Å². The van der Waals surface area contributed by atoms with Gasteiger partial charge in [-0.05, 0) is 42.5 Å². The molecule has 1 aromatic carbocycles. The molecule has 3 aromatic rings. The fourth-order valence-electron chi connectivity index (χ4n) is 3.18. The van der Waals surface area contributed by atoms with Gasteiger partial charge in [0.2, 0.25) is 5.91 Å². The molecule has 0 aliphatic carbocycles. The Bertz CT molecular complexity index is 1040. The van der Waals surface area contributed by atoms with Crippen LogP contribution in [0.2, 0.25) is 0 Å². The van der Waals surface area contributed by atoms with E-state index < -0.39 is 5.63 Å². The van der Waals surface area contributed by atoms with Crippen LogP contribution in [0.5, 0.6) is 5.75 Å². The minimum absolute atomic E-state index is 0.0121. The molecule has 0 bridgehead atoms. The number of methoxy groups -OCH3 is 1. The quantitative estimate of drug-likeness (QED) is 0.420. The molecule has 5 nitrogen and oxygen atoms in total. The summed E-state index contributed by atoms with van der Waals surface area (Å²) in [7, 11) is 1.57. The van der Waals surface area contributed by atoms with Gasteiger partial charge in [0.15, 0.2) is 0 Å². The second-order valence-corrected chi connectivity index (χ2v) is 7.53. The number of ether oxygens (including phenoxy) is 1. The van der Waals surface area contributed by atoms with Crippen LogP contribution >= 0.6 is 11.3 Å². The molecule has 0 fully saturated rings. The monoisotopic (exact) mass is 397 g/mol. The number of hydrogen-bond donors (Lipinski definition) is 0. The van der Waals surface area contributed by atoms with Gasteiger partial charge in [-0.1, -0.05) is 12.1 Å². The smallest absolute Gasteiger partial charge is 0.339 e. The maximum atomic E-state index is 12.7. The lowest BCUT2D eigenvalue weighted by molar-refractivity contribution is -0.131. The van der Waals surface area contributed by atoms with Gasteiger partial charge in [0.1, 0.15) is 11.3 Å². The minimum atomic E-state index is -0.403. The Kier molecular flexibility index (Phi) is 6.31. The molecule has 2 aromatic heterocycles. The van der Waals surface area contributed by atoms with Gasteiger partial charge in [0.25, 0.3) is 0 Å². The van der Waals surface area contributed by atoms with Crippen LogP contribution in [0.4, 0.5) is 0 Å². The maximum absolute atomic E-state index is 12.7. The molecule has 146 valence electrons. The molecule has 6 heteroatoms. The summed E-state index contributed by atoms with van der Waals surface area (Å²) in [5.41, 5.74) is 1.47. The Balaban J connectivity index is 1.79. The Morgan fingerprint density at radius 2 is 2.18 bits per heavy atom. The molecule has 0 atom stereocenters. The molecule has 0 radical (unpaired) electrons. The van der Waals surface area contributed by atoms with Gasteiger partial charge < -0.3 is 14.1 Å². The lowest BCUT2D eigenvalue weighted by Crippen LogP contribution is -2.31. The summed E-state index contributed by atoms with van der Waals surface area (Å²) in [6.07, 6.45) is 2.30. The van der Waals surface area contributed by atoms with Gasteiger partial charge in [-0.15, -0.1) is 17.9 Å². The van der Waals surface area contributed by atoms with E-state index in [1.807, 2.05) is 36.6 Å². The highest BCUT2D eigenvalue weighted by Gasteiger charge is 2.17. The highest BCUT2D eigenvalue weighted by Crippen LogP contribution is 2.24. The second kappa shape index (κ2) is 8.89. The molecule has 0 aliphatic rings. The van der Waals surface area contributed by atoms with Crippen LogP contribution in [0, 0.1) is 6.92 Å². The lowest BCUT2D eigenvalue weighted by Gasteiger charge is -2.20. The third-order valence-corrected chi connectivity index (χ3v) is 5.57. The third-order valence-electron chi connectivity index (χ3n) is 4.71. The number of fused-ring (bicyclic) bond motifs is 1. The van der Waals surface area contributed by atoms with Crippen molar-refractivity contribution in [1.82, 2.24) is 4.90 Å². The molecule has 0 saturated carbocycles. The Labute approximate surface area is 167 Å². The predicted molar refractivity (Wildman–Crippen MR) is 112 cm³/mol.